The number of carbonyl (C=O) groups is 2. The van der Waals surface area contributed by atoms with Gasteiger partial charge in [0.2, 0.25) is 10.0 Å². The van der Waals surface area contributed by atoms with E-state index in [1.807, 2.05) is 31.2 Å². The Hall–Kier alpha value is -3.05. The molecule has 36 heavy (non-hydrogen) atoms. The van der Waals surface area contributed by atoms with Crippen LogP contribution < -0.4 is 0 Å². The number of aliphatic hydroxyl groups is 1. The Morgan fingerprint density at radius 1 is 1.06 bits per heavy atom. The fourth-order valence-electron chi connectivity index (χ4n) is 4.46. The number of amides is 1. The van der Waals surface area contributed by atoms with E-state index in [0.717, 1.165) is 5.56 Å². The maximum atomic E-state index is 13.1. The number of likely N-dealkylation sites (tertiary alicyclic amines) is 1. The highest BCUT2D eigenvalue weighted by molar-refractivity contribution is 7.89. The highest BCUT2D eigenvalue weighted by Gasteiger charge is 2.45. The fourth-order valence-corrected chi connectivity index (χ4v) is 5.87. The van der Waals surface area contributed by atoms with Gasteiger partial charge in [0.25, 0.3) is 11.7 Å². The first-order valence-corrected chi connectivity index (χ1v) is 13.2. The number of sulfonamides is 1. The van der Waals surface area contributed by atoms with Gasteiger partial charge in [-0.2, -0.15) is 4.31 Å². The second-order valence-electron chi connectivity index (χ2n) is 8.79. The first kappa shape index (κ1) is 26.0. The summed E-state index contributed by atoms with van der Waals surface area (Å²) >= 11 is 0. The van der Waals surface area contributed by atoms with Crippen molar-refractivity contribution in [3.63, 3.8) is 0 Å². The third-order valence-corrected chi connectivity index (χ3v) is 8.33. The summed E-state index contributed by atoms with van der Waals surface area (Å²) in [5.74, 6) is -1.81. The predicted octanol–water partition coefficient (Wildman–Crippen LogP) is 2.47. The SMILES string of the molecule is COCCCN1C(=O)C(=O)C(=C(O)c2ccc(S(=O)(=O)N3CCOCC3)cc2)[C@H]1c1ccc(C)cc1. The Kier molecular flexibility index (Phi) is 7.89. The summed E-state index contributed by atoms with van der Waals surface area (Å²) < 4.78 is 37.6. The van der Waals surface area contributed by atoms with Crippen molar-refractivity contribution in [3.8, 4) is 0 Å². The van der Waals surface area contributed by atoms with Gasteiger partial charge < -0.3 is 19.5 Å². The largest absolute Gasteiger partial charge is 0.507 e. The van der Waals surface area contributed by atoms with Crippen molar-refractivity contribution < 1.29 is 32.6 Å². The number of morpholine rings is 1. The summed E-state index contributed by atoms with van der Waals surface area (Å²) in [6.45, 7) is 3.85. The quantitative estimate of drug-likeness (QED) is 0.249. The zero-order valence-electron chi connectivity index (χ0n) is 20.3. The maximum Gasteiger partial charge on any atom is 0.295 e. The van der Waals surface area contributed by atoms with Crippen LogP contribution in [0.2, 0.25) is 0 Å². The molecule has 0 bridgehead atoms. The molecule has 4 rings (SSSR count). The van der Waals surface area contributed by atoms with Crippen molar-refractivity contribution in [1.82, 2.24) is 9.21 Å². The molecule has 0 saturated carbocycles. The molecule has 9 nitrogen and oxygen atoms in total. The Morgan fingerprint density at radius 2 is 1.69 bits per heavy atom. The molecule has 2 aromatic rings. The van der Waals surface area contributed by atoms with E-state index in [2.05, 4.69) is 0 Å². The molecule has 2 aliphatic heterocycles. The van der Waals surface area contributed by atoms with Crippen LogP contribution in [0.3, 0.4) is 0 Å². The normalized spacial score (nSPS) is 20.7. The fraction of sp³-hybridized carbons (Fsp3) is 0.385. The van der Waals surface area contributed by atoms with Gasteiger partial charge in [-0.15, -0.1) is 0 Å². The number of aryl methyl sites for hydroxylation is 1. The van der Waals surface area contributed by atoms with Crippen molar-refractivity contribution in [3.05, 3.63) is 70.8 Å². The number of ketones is 1. The van der Waals surface area contributed by atoms with E-state index in [0.29, 0.717) is 31.8 Å². The summed E-state index contributed by atoms with van der Waals surface area (Å²) in [4.78, 5) is 27.6. The first-order chi connectivity index (χ1) is 17.3. The number of hydrogen-bond acceptors (Lipinski definition) is 7. The number of aliphatic hydroxyl groups excluding tert-OH is 1. The molecule has 2 aromatic carbocycles. The van der Waals surface area contributed by atoms with E-state index in [-0.39, 0.29) is 41.4 Å². The van der Waals surface area contributed by atoms with Crippen molar-refractivity contribution >= 4 is 27.5 Å². The Morgan fingerprint density at radius 3 is 2.31 bits per heavy atom. The lowest BCUT2D eigenvalue weighted by Gasteiger charge is -2.26. The van der Waals surface area contributed by atoms with E-state index in [9.17, 15) is 23.1 Å². The zero-order valence-corrected chi connectivity index (χ0v) is 21.2. The maximum absolute atomic E-state index is 13.1. The van der Waals surface area contributed by atoms with E-state index < -0.39 is 27.8 Å². The molecule has 2 saturated heterocycles. The standard InChI is InChI=1S/C26H30N2O7S/c1-18-4-6-19(7-5-18)23-22(25(30)26(31)28(23)12-3-15-34-2)24(29)20-8-10-21(11-9-20)36(32,33)27-13-16-35-17-14-27/h4-11,23,29H,3,12-17H2,1-2H3/t23-/m1/s1. The minimum Gasteiger partial charge on any atom is -0.507 e. The number of carbonyl (C=O) groups excluding carboxylic acids is 2. The number of ether oxygens (including phenoxy) is 2. The Balaban J connectivity index is 1.71. The van der Waals surface area contributed by atoms with Gasteiger partial charge in [0.15, 0.2) is 0 Å². The number of rotatable bonds is 8. The van der Waals surface area contributed by atoms with Gasteiger partial charge in [-0.3, -0.25) is 9.59 Å². The number of benzene rings is 2. The van der Waals surface area contributed by atoms with Crippen LogP contribution >= 0.6 is 0 Å². The number of nitrogens with zero attached hydrogens (tertiary/aromatic N) is 2. The predicted molar refractivity (Wildman–Crippen MR) is 133 cm³/mol. The van der Waals surface area contributed by atoms with E-state index in [4.69, 9.17) is 9.47 Å². The smallest absolute Gasteiger partial charge is 0.295 e. The zero-order chi connectivity index (χ0) is 25.9. The van der Waals surface area contributed by atoms with Gasteiger partial charge in [-0.1, -0.05) is 29.8 Å². The van der Waals surface area contributed by atoms with Crippen LogP contribution in [0.1, 0.15) is 29.2 Å². The number of Topliss-reactive ketones (excluding diaryl/α,β-unsaturated/α-hetero) is 1. The molecule has 1 amide bonds. The van der Waals surface area contributed by atoms with Crippen LogP contribution in [0.25, 0.3) is 5.76 Å². The highest BCUT2D eigenvalue weighted by Crippen LogP contribution is 2.39. The minimum absolute atomic E-state index is 0.0231. The van der Waals surface area contributed by atoms with Gasteiger partial charge >= 0.3 is 0 Å². The Bertz CT molecular complexity index is 1250. The van der Waals surface area contributed by atoms with E-state index in [1.165, 1.54) is 33.5 Å². The highest BCUT2D eigenvalue weighted by atomic mass is 32.2. The summed E-state index contributed by atoms with van der Waals surface area (Å²) in [7, 11) is -2.14. The van der Waals surface area contributed by atoms with Crippen molar-refractivity contribution in [1.29, 1.82) is 0 Å². The lowest BCUT2D eigenvalue weighted by atomic mass is 9.94. The molecule has 2 fully saturated rings. The average molecular weight is 515 g/mol. The summed E-state index contributed by atoms with van der Waals surface area (Å²) in [6.07, 6.45) is 0.528. The molecule has 0 aliphatic carbocycles. The third kappa shape index (κ3) is 5.08. The van der Waals surface area contributed by atoms with Crippen LogP contribution in [0.5, 0.6) is 0 Å². The lowest BCUT2D eigenvalue weighted by molar-refractivity contribution is -0.140. The van der Waals surface area contributed by atoms with Gasteiger partial charge in [-0.25, -0.2) is 8.42 Å². The molecule has 0 aromatic heterocycles. The minimum atomic E-state index is -3.71. The summed E-state index contributed by atoms with van der Waals surface area (Å²) in [5.41, 5.74) is 1.95. The van der Waals surface area contributed by atoms with Crippen LogP contribution in [0.4, 0.5) is 0 Å². The van der Waals surface area contributed by atoms with Crippen molar-refractivity contribution in [2.45, 2.75) is 24.3 Å². The van der Waals surface area contributed by atoms with Gasteiger partial charge in [0, 0.05) is 38.9 Å². The Labute approximate surface area is 211 Å². The molecule has 1 atom stereocenters. The lowest BCUT2D eigenvalue weighted by Crippen LogP contribution is -2.40. The monoisotopic (exact) mass is 514 g/mol. The second-order valence-corrected chi connectivity index (χ2v) is 10.7. The third-order valence-electron chi connectivity index (χ3n) is 6.42. The van der Waals surface area contributed by atoms with E-state index in [1.54, 1.807) is 7.11 Å². The van der Waals surface area contributed by atoms with Gasteiger partial charge in [0.1, 0.15) is 5.76 Å². The number of hydrogen-bond donors (Lipinski definition) is 1. The summed E-state index contributed by atoms with van der Waals surface area (Å²) in [5, 5.41) is 11.2. The van der Waals surface area contributed by atoms with Gasteiger partial charge in [-0.05, 0) is 43.2 Å². The molecule has 2 heterocycles. The van der Waals surface area contributed by atoms with Crippen LogP contribution in [0.15, 0.2) is 59.0 Å². The molecule has 192 valence electrons. The molecule has 0 spiro atoms. The van der Waals surface area contributed by atoms with Crippen molar-refractivity contribution in [2.75, 3.05) is 46.6 Å². The second kappa shape index (κ2) is 10.9. The van der Waals surface area contributed by atoms with E-state index >= 15 is 0 Å². The molecular weight excluding hydrogens is 484 g/mol. The average Bonchev–Trinajstić information content (AvgIpc) is 3.14. The first-order valence-electron chi connectivity index (χ1n) is 11.8. The van der Waals surface area contributed by atoms with Crippen LogP contribution in [-0.4, -0.2) is 81.0 Å². The molecule has 10 heteroatoms. The molecule has 1 N–H and O–H groups in total. The topological polar surface area (TPSA) is 113 Å². The van der Waals surface area contributed by atoms with Crippen molar-refractivity contribution in [2.24, 2.45) is 0 Å². The molecule has 0 unspecified atom stereocenters. The molecular formula is C26H30N2O7S. The van der Waals surface area contributed by atoms with Crippen LogP contribution in [-0.2, 0) is 29.1 Å². The summed E-state index contributed by atoms with van der Waals surface area (Å²) in [6, 6.07) is 12.4. The number of methoxy groups -OCH3 is 1. The molecule has 0 radical (unpaired) electrons. The van der Waals surface area contributed by atoms with Gasteiger partial charge in [0.05, 0.1) is 29.7 Å². The van der Waals surface area contributed by atoms with Crippen LogP contribution in [0, 0.1) is 6.92 Å². The molecule has 2 aliphatic rings.